The summed E-state index contributed by atoms with van der Waals surface area (Å²) in [7, 11) is -5.95. The predicted octanol–water partition coefficient (Wildman–Crippen LogP) is 4.85. The van der Waals surface area contributed by atoms with Gasteiger partial charge in [0.1, 0.15) is 5.66 Å². The summed E-state index contributed by atoms with van der Waals surface area (Å²) < 4.78 is 65.4. The summed E-state index contributed by atoms with van der Waals surface area (Å²) in [5, 5.41) is 0. The number of carbonyl (C=O) groups excluding carboxylic acids is 1. The Hall–Kier alpha value is -1.32. The van der Waals surface area contributed by atoms with Gasteiger partial charge in [0.15, 0.2) is 0 Å². The summed E-state index contributed by atoms with van der Waals surface area (Å²) in [6, 6.07) is 0. The van der Waals surface area contributed by atoms with Gasteiger partial charge in [-0.15, -0.1) is 0 Å². The highest BCUT2D eigenvalue weighted by molar-refractivity contribution is 7.88. The van der Waals surface area contributed by atoms with Crippen molar-refractivity contribution in [3.05, 3.63) is 0 Å². The van der Waals surface area contributed by atoms with Gasteiger partial charge in [0.2, 0.25) is 0 Å². The Labute approximate surface area is 177 Å². The van der Waals surface area contributed by atoms with E-state index in [0.29, 0.717) is 31.7 Å². The molecule has 0 radical (unpaired) electrons. The van der Waals surface area contributed by atoms with Crippen LogP contribution in [0.15, 0.2) is 4.99 Å². The number of aliphatic imine (C=N–C) groups is 1. The number of carbonyl (C=O) groups is 1. The van der Waals surface area contributed by atoms with Crippen LogP contribution in [0, 0.1) is 16.7 Å². The minimum atomic E-state index is -5.95. The smallest absolute Gasteiger partial charge is 0.349 e. The number of amides is 1. The lowest BCUT2D eigenvalue weighted by atomic mass is 9.69. The third-order valence-electron chi connectivity index (χ3n) is 6.03. The molecule has 1 saturated carbocycles. The fourth-order valence-corrected chi connectivity index (χ4v) is 4.62. The Kier molecular flexibility index (Phi) is 6.64. The molecule has 0 unspecified atom stereocenters. The van der Waals surface area contributed by atoms with Crippen molar-refractivity contribution in [1.29, 1.82) is 0 Å². The zero-order valence-electron chi connectivity index (χ0n) is 18.6. The largest absolute Gasteiger partial charge is 0.534 e. The molecule has 2 rings (SSSR count). The van der Waals surface area contributed by atoms with Crippen molar-refractivity contribution in [2.75, 3.05) is 6.54 Å². The fraction of sp³-hybridized carbons (Fsp3) is 0.900. The van der Waals surface area contributed by atoms with Crippen LogP contribution in [0.4, 0.5) is 13.2 Å². The molecule has 0 aromatic rings. The minimum absolute atomic E-state index is 0.0274. The van der Waals surface area contributed by atoms with Crippen LogP contribution in [0.25, 0.3) is 0 Å². The standard InChI is InChI=1S/C20H33F3N2O4S/c1-17(2,3)10-7-13-25-16(26)15(29-30(27,28)20(21,22)23)24-19(25)11-8-14(9-12-19)18(4,5)6/h14H,7-13H2,1-6H3. The van der Waals surface area contributed by atoms with Crippen LogP contribution in [0.5, 0.6) is 0 Å². The van der Waals surface area contributed by atoms with E-state index in [-0.39, 0.29) is 10.8 Å². The number of hydrogen-bond donors (Lipinski definition) is 0. The van der Waals surface area contributed by atoms with E-state index in [1.165, 1.54) is 4.90 Å². The van der Waals surface area contributed by atoms with Gasteiger partial charge in [0, 0.05) is 6.54 Å². The lowest BCUT2D eigenvalue weighted by Crippen LogP contribution is -2.50. The van der Waals surface area contributed by atoms with E-state index in [1.807, 2.05) is 0 Å². The molecule has 0 aromatic carbocycles. The molecular weight excluding hydrogens is 421 g/mol. The number of halogens is 3. The molecule has 0 atom stereocenters. The topological polar surface area (TPSA) is 76.0 Å². The first-order chi connectivity index (χ1) is 13.4. The van der Waals surface area contributed by atoms with Gasteiger partial charge < -0.3 is 9.08 Å². The first-order valence-corrected chi connectivity index (χ1v) is 11.7. The maximum Gasteiger partial charge on any atom is 0.534 e. The molecule has 1 spiro atoms. The fourth-order valence-electron chi connectivity index (χ4n) is 4.21. The molecule has 2 aliphatic rings. The van der Waals surface area contributed by atoms with E-state index in [1.54, 1.807) is 0 Å². The SMILES string of the molecule is CC(C)(C)CCCN1C(=O)C(OS(=O)(=O)C(F)(F)F)=NC12CCC(C(C)(C)C)CC2. The summed E-state index contributed by atoms with van der Waals surface area (Å²) in [6.07, 6.45) is 3.86. The van der Waals surface area contributed by atoms with Crippen molar-refractivity contribution < 1.29 is 30.6 Å². The molecule has 1 heterocycles. The van der Waals surface area contributed by atoms with Gasteiger partial charge in [0.05, 0.1) is 0 Å². The highest BCUT2D eigenvalue weighted by Gasteiger charge is 2.55. The summed E-state index contributed by atoms with van der Waals surface area (Å²) in [4.78, 5) is 18.4. The molecule has 1 aliphatic heterocycles. The first-order valence-electron chi connectivity index (χ1n) is 10.3. The lowest BCUT2D eigenvalue weighted by Gasteiger charge is -2.44. The van der Waals surface area contributed by atoms with Crippen LogP contribution in [0.1, 0.15) is 80.1 Å². The number of hydrogen-bond acceptors (Lipinski definition) is 5. The second kappa shape index (κ2) is 7.98. The van der Waals surface area contributed by atoms with Gasteiger partial charge in [-0.1, -0.05) is 41.5 Å². The maximum absolute atomic E-state index is 12.9. The number of alkyl halides is 3. The van der Waals surface area contributed by atoms with Gasteiger partial charge in [-0.05, 0) is 55.3 Å². The van der Waals surface area contributed by atoms with Crippen molar-refractivity contribution in [2.45, 2.75) is 91.2 Å². The van der Waals surface area contributed by atoms with Crippen LogP contribution in [0.2, 0.25) is 0 Å². The molecule has 0 N–H and O–H groups in total. The molecule has 174 valence electrons. The van der Waals surface area contributed by atoms with Gasteiger partial charge in [-0.3, -0.25) is 4.79 Å². The van der Waals surface area contributed by atoms with Gasteiger partial charge in [0.25, 0.3) is 5.90 Å². The molecule has 0 saturated heterocycles. The maximum atomic E-state index is 12.9. The summed E-state index contributed by atoms with van der Waals surface area (Å²) >= 11 is 0. The number of nitrogens with zero attached hydrogens (tertiary/aromatic N) is 2. The molecular formula is C20H33F3N2O4S. The number of rotatable bonds is 4. The summed E-state index contributed by atoms with van der Waals surface area (Å²) in [5.41, 5.74) is -6.57. The zero-order valence-corrected chi connectivity index (χ0v) is 19.4. The Balaban J connectivity index is 2.29. The van der Waals surface area contributed by atoms with Gasteiger partial charge >= 0.3 is 21.5 Å². The minimum Gasteiger partial charge on any atom is -0.349 e. The highest BCUT2D eigenvalue weighted by Crippen LogP contribution is 2.46. The molecule has 0 aromatic heterocycles. The van der Waals surface area contributed by atoms with E-state index >= 15 is 0 Å². The lowest BCUT2D eigenvalue weighted by molar-refractivity contribution is -0.130. The molecule has 10 heteroatoms. The Morgan fingerprint density at radius 2 is 1.63 bits per heavy atom. The van der Waals surface area contributed by atoms with Gasteiger partial charge in [-0.2, -0.15) is 21.6 Å². The van der Waals surface area contributed by atoms with Crippen molar-refractivity contribution in [3.63, 3.8) is 0 Å². The average Bonchev–Trinajstić information content (AvgIpc) is 2.77. The third kappa shape index (κ3) is 5.48. The third-order valence-corrected chi connectivity index (χ3v) is 6.98. The van der Waals surface area contributed by atoms with Crippen LogP contribution in [-0.4, -0.2) is 42.8 Å². The Bertz CT molecular complexity index is 784. The van der Waals surface area contributed by atoms with Crippen molar-refractivity contribution in [1.82, 2.24) is 4.90 Å². The zero-order chi connectivity index (χ0) is 23.2. The molecule has 1 aliphatic carbocycles. The van der Waals surface area contributed by atoms with Crippen LogP contribution >= 0.6 is 0 Å². The Morgan fingerprint density at radius 3 is 2.07 bits per heavy atom. The summed E-state index contributed by atoms with van der Waals surface area (Å²) in [5.74, 6) is -1.48. The molecule has 30 heavy (non-hydrogen) atoms. The van der Waals surface area contributed by atoms with Gasteiger partial charge in [-0.25, -0.2) is 4.99 Å². The van der Waals surface area contributed by atoms with E-state index in [4.69, 9.17) is 0 Å². The van der Waals surface area contributed by atoms with Crippen LogP contribution in [-0.2, 0) is 19.1 Å². The first kappa shape index (κ1) is 24.9. The molecule has 6 nitrogen and oxygen atoms in total. The van der Waals surface area contributed by atoms with E-state index in [0.717, 1.165) is 19.3 Å². The van der Waals surface area contributed by atoms with Crippen molar-refractivity contribution in [3.8, 4) is 0 Å². The van der Waals surface area contributed by atoms with Crippen LogP contribution in [0.3, 0.4) is 0 Å². The second-order valence-electron chi connectivity index (χ2n) is 10.6. The highest BCUT2D eigenvalue weighted by atomic mass is 32.2. The normalized spacial score (nSPS) is 26.3. The molecule has 0 bridgehead atoms. The van der Waals surface area contributed by atoms with Crippen LogP contribution < -0.4 is 0 Å². The molecule has 1 fully saturated rings. The predicted molar refractivity (Wildman–Crippen MR) is 108 cm³/mol. The average molecular weight is 455 g/mol. The second-order valence-corrected chi connectivity index (χ2v) is 12.2. The summed E-state index contributed by atoms with van der Waals surface area (Å²) in [6.45, 7) is 12.9. The monoisotopic (exact) mass is 454 g/mol. The van der Waals surface area contributed by atoms with E-state index in [2.05, 4.69) is 50.7 Å². The van der Waals surface area contributed by atoms with Crippen molar-refractivity contribution >= 4 is 21.9 Å². The quantitative estimate of drug-likeness (QED) is 0.449. The molecule has 1 amide bonds. The van der Waals surface area contributed by atoms with E-state index < -0.39 is 33.1 Å². The van der Waals surface area contributed by atoms with Crippen molar-refractivity contribution in [2.24, 2.45) is 21.7 Å². The van der Waals surface area contributed by atoms with E-state index in [9.17, 15) is 26.4 Å². The Morgan fingerprint density at radius 1 is 1.10 bits per heavy atom.